The molecule has 0 atom stereocenters. The van der Waals surface area contributed by atoms with Gasteiger partial charge < -0.3 is 5.32 Å². The number of carbonyl (C=O) groups is 1. The summed E-state index contributed by atoms with van der Waals surface area (Å²) in [6.45, 7) is 4.01. The predicted octanol–water partition coefficient (Wildman–Crippen LogP) is 3.02. The van der Waals surface area contributed by atoms with Gasteiger partial charge in [-0.25, -0.2) is 8.78 Å². The van der Waals surface area contributed by atoms with Crippen molar-refractivity contribution in [3.8, 4) is 0 Å². The number of hydrogen-bond donors (Lipinski definition) is 1. The summed E-state index contributed by atoms with van der Waals surface area (Å²) in [4.78, 5) is 12.3. The molecule has 0 spiro atoms. The molecule has 1 aliphatic carbocycles. The lowest BCUT2D eigenvalue weighted by Gasteiger charge is -2.09. The van der Waals surface area contributed by atoms with Gasteiger partial charge in [0.05, 0.1) is 16.4 Å². The first-order valence-electron chi connectivity index (χ1n) is 8.09. The van der Waals surface area contributed by atoms with E-state index in [0.717, 1.165) is 29.8 Å². The van der Waals surface area contributed by atoms with E-state index in [1.54, 1.807) is 4.68 Å². The highest BCUT2D eigenvalue weighted by atomic mass is 35.5. The molecule has 136 valence electrons. The summed E-state index contributed by atoms with van der Waals surface area (Å²) >= 11 is 6.05. The standard InChI is InChI=1S/C16H20ClF2N5O/c1-8-11(9(2)23(3)21-8)6-20-12(25)7-24-15(10-4-5-10)13(17)14(22-24)16(18)19/h10,16H,4-7H2,1-3H3,(H,20,25). The van der Waals surface area contributed by atoms with E-state index in [2.05, 4.69) is 15.5 Å². The summed E-state index contributed by atoms with van der Waals surface area (Å²) < 4.78 is 29.1. The molecule has 25 heavy (non-hydrogen) atoms. The van der Waals surface area contributed by atoms with E-state index >= 15 is 0 Å². The largest absolute Gasteiger partial charge is 0.350 e. The Hall–Kier alpha value is -1.96. The monoisotopic (exact) mass is 371 g/mol. The Morgan fingerprint density at radius 2 is 2.04 bits per heavy atom. The van der Waals surface area contributed by atoms with Crippen LogP contribution in [0.5, 0.6) is 0 Å². The zero-order chi connectivity index (χ0) is 18.3. The van der Waals surface area contributed by atoms with Crippen molar-refractivity contribution in [1.29, 1.82) is 0 Å². The van der Waals surface area contributed by atoms with E-state index in [-0.39, 0.29) is 23.4 Å². The molecule has 0 aliphatic heterocycles. The van der Waals surface area contributed by atoms with E-state index in [0.29, 0.717) is 12.2 Å². The maximum Gasteiger partial charge on any atom is 0.283 e. The molecule has 0 aromatic carbocycles. The number of nitrogens with zero attached hydrogens (tertiary/aromatic N) is 4. The highest BCUT2D eigenvalue weighted by Gasteiger charge is 2.34. The SMILES string of the molecule is Cc1nn(C)c(C)c1CNC(=O)Cn1nc(C(F)F)c(Cl)c1C1CC1. The Labute approximate surface area is 149 Å². The summed E-state index contributed by atoms with van der Waals surface area (Å²) in [5.74, 6) is -0.187. The number of alkyl halides is 2. The van der Waals surface area contributed by atoms with Crippen molar-refractivity contribution >= 4 is 17.5 Å². The Balaban J connectivity index is 1.72. The van der Waals surface area contributed by atoms with Gasteiger partial charge in [-0.1, -0.05) is 11.6 Å². The van der Waals surface area contributed by atoms with Gasteiger partial charge in [0.1, 0.15) is 12.2 Å². The average Bonchev–Trinajstić information content (AvgIpc) is 3.26. The maximum atomic E-state index is 13.0. The van der Waals surface area contributed by atoms with Crippen LogP contribution in [-0.2, 0) is 24.9 Å². The van der Waals surface area contributed by atoms with E-state index in [4.69, 9.17) is 11.6 Å². The van der Waals surface area contributed by atoms with E-state index < -0.39 is 12.1 Å². The van der Waals surface area contributed by atoms with Crippen molar-refractivity contribution in [2.75, 3.05) is 0 Å². The molecule has 2 heterocycles. The normalized spacial score (nSPS) is 14.4. The number of rotatable bonds is 6. The number of aromatic nitrogens is 4. The lowest BCUT2D eigenvalue weighted by Crippen LogP contribution is -2.28. The lowest BCUT2D eigenvalue weighted by atomic mass is 10.2. The van der Waals surface area contributed by atoms with Crippen molar-refractivity contribution in [3.63, 3.8) is 0 Å². The minimum Gasteiger partial charge on any atom is -0.350 e. The minimum atomic E-state index is -2.75. The van der Waals surface area contributed by atoms with Gasteiger partial charge in [-0.05, 0) is 26.7 Å². The third-order valence-corrected chi connectivity index (χ3v) is 4.93. The second-order valence-electron chi connectivity index (χ2n) is 6.37. The Morgan fingerprint density at radius 3 is 2.56 bits per heavy atom. The van der Waals surface area contributed by atoms with E-state index in [1.165, 1.54) is 4.68 Å². The van der Waals surface area contributed by atoms with Gasteiger partial charge in [-0.2, -0.15) is 10.2 Å². The fraction of sp³-hybridized carbons (Fsp3) is 0.562. The Morgan fingerprint density at radius 1 is 1.36 bits per heavy atom. The molecule has 2 aromatic heterocycles. The van der Waals surface area contributed by atoms with Crippen LogP contribution in [0, 0.1) is 13.8 Å². The highest BCUT2D eigenvalue weighted by molar-refractivity contribution is 6.32. The van der Waals surface area contributed by atoms with Gasteiger partial charge in [-0.3, -0.25) is 14.2 Å². The van der Waals surface area contributed by atoms with E-state index in [9.17, 15) is 13.6 Å². The van der Waals surface area contributed by atoms with Gasteiger partial charge >= 0.3 is 0 Å². The van der Waals surface area contributed by atoms with Crippen molar-refractivity contribution in [2.24, 2.45) is 7.05 Å². The molecule has 0 bridgehead atoms. The first-order chi connectivity index (χ1) is 11.8. The fourth-order valence-corrected chi connectivity index (χ4v) is 3.30. The Bertz CT molecular complexity index is 810. The second kappa shape index (κ2) is 6.74. The van der Waals surface area contributed by atoms with Gasteiger partial charge in [0.25, 0.3) is 6.43 Å². The van der Waals surface area contributed by atoms with Crippen LogP contribution in [0.4, 0.5) is 8.78 Å². The van der Waals surface area contributed by atoms with Gasteiger partial charge in [-0.15, -0.1) is 0 Å². The summed E-state index contributed by atoms with van der Waals surface area (Å²) in [7, 11) is 1.84. The molecule has 3 rings (SSSR count). The molecule has 1 N–H and O–H groups in total. The first kappa shape index (κ1) is 17.8. The van der Waals surface area contributed by atoms with Crippen molar-refractivity contribution in [3.05, 3.63) is 33.4 Å². The summed E-state index contributed by atoms with van der Waals surface area (Å²) in [5.41, 5.74) is 2.86. The molecule has 1 saturated carbocycles. The van der Waals surface area contributed by atoms with Crippen molar-refractivity contribution in [1.82, 2.24) is 24.9 Å². The quantitative estimate of drug-likeness (QED) is 0.848. The zero-order valence-corrected chi connectivity index (χ0v) is 15.1. The molecule has 1 aliphatic rings. The van der Waals surface area contributed by atoms with Crippen LogP contribution in [0.2, 0.25) is 5.02 Å². The number of halogens is 3. The highest BCUT2D eigenvalue weighted by Crippen LogP contribution is 2.45. The van der Waals surface area contributed by atoms with Gasteiger partial charge in [0.2, 0.25) is 5.91 Å². The average molecular weight is 372 g/mol. The van der Waals surface area contributed by atoms with Crippen molar-refractivity contribution in [2.45, 2.75) is 52.1 Å². The van der Waals surface area contributed by atoms with Gasteiger partial charge in [0, 0.05) is 30.8 Å². The van der Waals surface area contributed by atoms with Crippen LogP contribution in [0.1, 0.15) is 53.5 Å². The fourth-order valence-electron chi connectivity index (χ4n) is 2.93. The van der Waals surface area contributed by atoms with Crippen LogP contribution in [-0.4, -0.2) is 25.5 Å². The molecule has 0 saturated heterocycles. The molecular formula is C16H20ClF2N5O. The topological polar surface area (TPSA) is 64.7 Å². The van der Waals surface area contributed by atoms with E-state index in [1.807, 2.05) is 20.9 Å². The van der Waals surface area contributed by atoms with Crippen LogP contribution < -0.4 is 5.32 Å². The van der Waals surface area contributed by atoms with Gasteiger partial charge in [0.15, 0.2) is 0 Å². The third-order valence-electron chi connectivity index (χ3n) is 4.54. The number of aryl methyl sites for hydroxylation is 2. The van der Waals surface area contributed by atoms with Crippen LogP contribution >= 0.6 is 11.6 Å². The Kier molecular flexibility index (Phi) is 4.81. The smallest absolute Gasteiger partial charge is 0.283 e. The maximum absolute atomic E-state index is 13.0. The predicted molar refractivity (Wildman–Crippen MR) is 88.7 cm³/mol. The molecule has 6 nitrogen and oxygen atoms in total. The molecule has 0 unspecified atom stereocenters. The van der Waals surface area contributed by atoms with Crippen molar-refractivity contribution < 1.29 is 13.6 Å². The molecule has 1 amide bonds. The number of hydrogen-bond acceptors (Lipinski definition) is 3. The number of amides is 1. The van der Waals surface area contributed by atoms with Crippen LogP contribution in [0.25, 0.3) is 0 Å². The summed E-state index contributed by atoms with van der Waals surface area (Å²) in [6, 6.07) is 0. The molecular weight excluding hydrogens is 352 g/mol. The lowest BCUT2D eigenvalue weighted by molar-refractivity contribution is -0.122. The zero-order valence-electron chi connectivity index (χ0n) is 14.3. The number of carbonyl (C=O) groups excluding carboxylic acids is 1. The summed E-state index contributed by atoms with van der Waals surface area (Å²) in [6.07, 6.45) is -0.997. The number of nitrogens with one attached hydrogen (secondary N) is 1. The van der Waals surface area contributed by atoms with Crippen LogP contribution in [0.15, 0.2) is 0 Å². The van der Waals surface area contributed by atoms with Crippen LogP contribution in [0.3, 0.4) is 0 Å². The molecule has 9 heteroatoms. The molecule has 0 radical (unpaired) electrons. The summed E-state index contributed by atoms with van der Waals surface area (Å²) in [5, 5.41) is 11.0. The minimum absolute atomic E-state index is 0.00996. The molecule has 1 fully saturated rings. The third kappa shape index (κ3) is 3.53. The molecule has 2 aromatic rings. The first-order valence-corrected chi connectivity index (χ1v) is 8.47. The second-order valence-corrected chi connectivity index (χ2v) is 6.74.